The van der Waals surface area contributed by atoms with Crippen LogP contribution in [0.5, 0.6) is 0 Å². The minimum absolute atomic E-state index is 0.155. The molecular formula is C21H20F3N3O3S. The standard InChI is InChI=1S/C21H20F3N3O3S/c1-2-7-17(10-6-15-31(29,30)27-19-8-4-3-5-9-19)25-20(28)26-18-13-11-16(12-14-18)21(22,23)24/h2-14,27H,1,15H2,(H2,25,26,28)/b10-6-,17-7+. The number of carbonyl (C=O) groups excluding carboxylic acids is 1. The van der Waals surface area contributed by atoms with Crippen molar-refractivity contribution in [1.82, 2.24) is 5.32 Å². The van der Waals surface area contributed by atoms with Crippen LogP contribution < -0.4 is 15.4 Å². The third-order valence-corrected chi connectivity index (χ3v) is 4.86. The fourth-order valence-electron chi connectivity index (χ4n) is 2.33. The van der Waals surface area contributed by atoms with Crippen LogP contribution in [-0.2, 0) is 16.2 Å². The molecule has 2 aromatic carbocycles. The molecule has 0 aliphatic rings. The van der Waals surface area contributed by atoms with Crippen LogP contribution in [0.4, 0.5) is 29.3 Å². The molecule has 2 rings (SSSR count). The molecule has 0 radical (unpaired) electrons. The Morgan fingerprint density at radius 1 is 1.00 bits per heavy atom. The molecule has 0 fully saturated rings. The minimum atomic E-state index is -4.47. The lowest BCUT2D eigenvalue weighted by atomic mass is 10.2. The van der Waals surface area contributed by atoms with E-state index in [-0.39, 0.29) is 17.1 Å². The SMILES string of the molecule is C=C/C=C(\C=C/CS(=O)(=O)Nc1ccccc1)NC(=O)Nc1ccc(C(F)(F)F)cc1. The highest BCUT2D eigenvalue weighted by Gasteiger charge is 2.29. The summed E-state index contributed by atoms with van der Waals surface area (Å²) in [6.45, 7) is 3.52. The molecule has 0 saturated heterocycles. The van der Waals surface area contributed by atoms with Gasteiger partial charge in [0.15, 0.2) is 0 Å². The molecule has 2 amide bonds. The third kappa shape index (κ3) is 8.39. The second-order valence-electron chi connectivity index (χ2n) is 6.16. The monoisotopic (exact) mass is 451 g/mol. The molecule has 0 atom stereocenters. The quantitative estimate of drug-likeness (QED) is 0.499. The maximum absolute atomic E-state index is 12.6. The van der Waals surface area contributed by atoms with Crippen molar-refractivity contribution in [2.24, 2.45) is 0 Å². The maximum atomic E-state index is 12.6. The van der Waals surface area contributed by atoms with Crippen molar-refractivity contribution >= 4 is 27.4 Å². The molecule has 3 N–H and O–H groups in total. The van der Waals surface area contributed by atoms with E-state index in [0.717, 1.165) is 24.3 Å². The van der Waals surface area contributed by atoms with Crippen LogP contribution in [0.15, 0.2) is 91.2 Å². The topological polar surface area (TPSA) is 87.3 Å². The Balaban J connectivity index is 1.95. The number of carbonyl (C=O) groups is 1. The number of allylic oxidation sites excluding steroid dienone is 3. The number of sulfonamides is 1. The third-order valence-electron chi connectivity index (χ3n) is 3.69. The van der Waals surface area contributed by atoms with Gasteiger partial charge in [-0.2, -0.15) is 13.2 Å². The van der Waals surface area contributed by atoms with Crippen molar-refractivity contribution in [3.05, 3.63) is 96.7 Å². The van der Waals surface area contributed by atoms with Gasteiger partial charge in [0.25, 0.3) is 0 Å². The van der Waals surface area contributed by atoms with Crippen LogP contribution in [0, 0.1) is 0 Å². The number of anilines is 2. The molecule has 0 spiro atoms. The van der Waals surface area contributed by atoms with Crippen molar-refractivity contribution in [3.8, 4) is 0 Å². The number of alkyl halides is 3. The number of amides is 2. The molecular weight excluding hydrogens is 431 g/mol. The smallest absolute Gasteiger partial charge is 0.308 e. The van der Waals surface area contributed by atoms with Gasteiger partial charge < -0.3 is 10.6 Å². The number of benzene rings is 2. The molecule has 0 unspecified atom stereocenters. The number of para-hydroxylation sites is 1. The van der Waals surface area contributed by atoms with E-state index in [2.05, 4.69) is 21.9 Å². The van der Waals surface area contributed by atoms with Gasteiger partial charge in [0, 0.05) is 17.1 Å². The first kappa shape index (κ1) is 23.7. The molecule has 0 saturated carbocycles. The summed E-state index contributed by atoms with van der Waals surface area (Å²) in [6, 6.07) is 11.6. The van der Waals surface area contributed by atoms with E-state index in [9.17, 15) is 26.4 Å². The Kier molecular flexibility index (Phi) is 8.03. The Morgan fingerprint density at radius 2 is 1.65 bits per heavy atom. The van der Waals surface area contributed by atoms with E-state index in [1.165, 1.54) is 24.3 Å². The van der Waals surface area contributed by atoms with E-state index >= 15 is 0 Å². The lowest BCUT2D eigenvalue weighted by molar-refractivity contribution is -0.137. The minimum Gasteiger partial charge on any atom is -0.308 e. The molecule has 10 heteroatoms. The average molecular weight is 451 g/mol. The fraction of sp³-hybridized carbons (Fsp3) is 0.0952. The molecule has 0 heterocycles. The summed E-state index contributed by atoms with van der Waals surface area (Å²) in [5.74, 6) is -0.349. The molecule has 0 bridgehead atoms. The number of urea groups is 1. The Labute approximate surface area is 178 Å². The van der Waals surface area contributed by atoms with Crippen molar-refractivity contribution in [2.75, 3.05) is 15.8 Å². The molecule has 6 nitrogen and oxygen atoms in total. The number of rotatable bonds is 8. The van der Waals surface area contributed by atoms with Crippen molar-refractivity contribution in [2.45, 2.75) is 6.18 Å². The first-order valence-electron chi connectivity index (χ1n) is 8.89. The van der Waals surface area contributed by atoms with Crippen LogP contribution in [0.25, 0.3) is 0 Å². The zero-order valence-electron chi connectivity index (χ0n) is 16.2. The first-order chi connectivity index (χ1) is 14.6. The van der Waals surface area contributed by atoms with E-state index in [1.807, 2.05) is 0 Å². The summed E-state index contributed by atoms with van der Waals surface area (Å²) in [6.07, 6.45) is 1.05. The maximum Gasteiger partial charge on any atom is 0.416 e. The van der Waals surface area contributed by atoms with Crippen molar-refractivity contribution < 1.29 is 26.4 Å². The van der Waals surface area contributed by atoms with Gasteiger partial charge >= 0.3 is 12.2 Å². The molecule has 164 valence electrons. The second kappa shape index (κ2) is 10.5. The zero-order valence-corrected chi connectivity index (χ0v) is 17.0. The van der Waals surface area contributed by atoms with Gasteiger partial charge in [0.05, 0.1) is 11.3 Å². The summed E-state index contributed by atoms with van der Waals surface area (Å²) in [4.78, 5) is 12.1. The first-order valence-corrected chi connectivity index (χ1v) is 10.5. The van der Waals surface area contributed by atoms with E-state index in [0.29, 0.717) is 5.69 Å². The van der Waals surface area contributed by atoms with Crippen molar-refractivity contribution in [3.63, 3.8) is 0 Å². The predicted octanol–water partition coefficient (Wildman–Crippen LogP) is 4.89. The Bertz CT molecular complexity index is 1060. The number of nitrogens with one attached hydrogen (secondary N) is 3. The van der Waals surface area contributed by atoms with Crippen LogP contribution in [0.3, 0.4) is 0 Å². The summed E-state index contributed by atoms with van der Waals surface area (Å²) >= 11 is 0. The zero-order chi connectivity index (χ0) is 22.9. The molecule has 0 aliphatic carbocycles. The van der Waals surface area contributed by atoms with E-state index < -0.39 is 27.8 Å². The number of hydrogen-bond acceptors (Lipinski definition) is 3. The highest BCUT2D eigenvalue weighted by Crippen LogP contribution is 2.29. The highest BCUT2D eigenvalue weighted by atomic mass is 32.2. The van der Waals surface area contributed by atoms with E-state index in [4.69, 9.17) is 0 Å². The van der Waals surface area contributed by atoms with Crippen LogP contribution >= 0.6 is 0 Å². The summed E-state index contributed by atoms with van der Waals surface area (Å²) in [7, 11) is -3.65. The van der Waals surface area contributed by atoms with E-state index in [1.54, 1.807) is 30.3 Å². The lowest BCUT2D eigenvalue weighted by Crippen LogP contribution is -2.27. The van der Waals surface area contributed by atoms with Crippen molar-refractivity contribution in [1.29, 1.82) is 0 Å². The fourth-order valence-corrected chi connectivity index (χ4v) is 3.26. The Morgan fingerprint density at radius 3 is 2.23 bits per heavy atom. The van der Waals surface area contributed by atoms with Gasteiger partial charge in [0.1, 0.15) is 0 Å². The molecule has 31 heavy (non-hydrogen) atoms. The normalized spacial score (nSPS) is 12.4. The van der Waals surface area contributed by atoms with Gasteiger partial charge in [-0.1, -0.05) is 36.9 Å². The van der Waals surface area contributed by atoms with Gasteiger partial charge in [-0.15, -0.1) is 0 Å². The van der Waals surface area contributed by atoms with Crippen LogP contribution in [-0.4, -0.2) is 20.2 Å². The molecule has 0 aliphatic heterocycles. The van der Waals surface area contributed by atoms with Gasteiger partial charge in [-0.25, -0.2) is 13.2 Å². The summed E-state index contributed by atoms with van der Waals surface area (Å²) in [5.41, 5.74) is -0.0258. The predicted molar refractivity (Wildman–Crippen MR) is 115 cm³/mol. The van der Waals surface area contributed by atoms with Gasteiger partial charge in [0.2, 0.25) is 10.0 Å². The van der Waals surface area contributed by atoms with Crippen LogP contribution in [0.2, 0.25) is 0 Å². The lowest BCUT2D eigenvalue weighted by Gasteiger charge is -2.10. The average Bonchev–Trinajstić information content (AvgIpc) is 2.68. The van der Waals surface area contributed by atoms with Crippen LogP contribution in [0.1, 0.15) is 5.56 Å². The number of hydrogen-bond donors (Lipinski definition) is 3. The molecule has 2 aromatic rings. The Hall–Kier alpha value is -3.53. The summed E-state index contributed by atoms with van der Waals surface area (Å²) < 4.78 is 64.4. The largest absolute Gasteiger partial charge is 0.416 e. The number of halogens is 3. The second-order valence-corrected chi connectivity index (χ2v) is 7.93. The van der Waals surface area contributed by atoms with Gasteiger partial charge in [-0.05, 0) is 48.6 Å². The molecule has 0 aromatic heterocycles. The summed E-state index contributed by atoms with van der Waals surface area (Å²) in [5, 5.41) is 4.85. The van der Waals surface area contributed by atoms with Gasteiger partial charge in [-0.3, -0.25) is 4.72 Å². The highest BCUT2D eigenvalue weighted by molar-refractivity contribution is 7.92.